The summed E-state index contributed by atoms with van der Waals surface area (Å²) in [6.45, 7) is 0.457. The van der Waals surface area contributed by atoms with Gasteiger partial charge in [-0.2, -0.15) is 4.31 Å². The van der Waals surface area contributed by atoms with Crippen LogP contribution < -0.4 is 10.6 Å². The molecule has 1 fully saturated rings. The van der Waals surface area contributed by atoms with Crippen molar-refractivity contribution < 1.29 is 22.7 Å². The summed E-state index contributed by atoms with van der Waals surface area (Å²) in [6, 6.07) is 13.6. The van der Waals surface area contributed by atoms with E-state index in [1.54, 1.807) is 0 Å². The average molecular weight is 491 g/mol. The molecule has 3 aromatic rings. The highest BCUT2D eigenvalue weighted by molar-refractivity contribution is 7.89. The Morgan fingerprint density at radius 1 is 1.09 bits per heavy atom. The molecule has 2 aromatic carbocycles. The molecule has 0 bridgehead atoms. The molecule has 4 rings (SSSR count). The molecule has 1 saturated heterocycles. The third kappa shape index (κ3) is 5.19. The van der Waals surface area contributed by atoms with Crippen LogP contribution >= 0.6 is 11.6 Å². The average Bonchev–Trinajstić information content (AvgIpc) is 3.45. The summed E-state index contributed by atoms with van der Waals surface area (Å²) in [5, 5.41) is 6.52. The Labute approximate surface area is 196 Å². The van der Waals surface area contributed by atoms with Crippen LogP contribution in [0.3, 0.4) is 0 Å². The Morgan fingerprint density at radius 3 is 2.61 bits per heavy atom. The van der Waals surface area contributed by atoms with Gasteiger partial charge in [0.15, 0.2) is 0 Å². The molecule has 1 aliphatic rings. The standard InChI is InChI=1S/C22H23ClN4O5S/c23-16-5-7-17(8-6-16)33(30,31)27-11-12-32-20(27)14-26-22(29)21(28)24-10-9-15-13-25-19-4-2-1-3-18(15)19/h1-8,13,20,25H,9-12,14H2,(H,24,28)(H,26,29)/t20-/m0/s1. The number of carbonyl (C=O) groups excluding carboxylic acids is 2. The lowest BCUT2D eigenvalue weighted by Crippen LogP contribution is -2.47. The summed E-state index contributed by atoms with van der Waals surface area (Å²) in [7, 11) is -3.84. The minimum Gasteiger partial charge on any atom is -0.361 e. The first-order valence-corrected chi connectivity index (χ1v) is 12.2. The predicted molar refractivity (Wildman–Crippen MR) is 123 cm³/mol. The zero-order valence-electron chi connectivity index (χ0n) is 17.6. The Bertz CT molecular complexity index is 1260. The van der Waals surface area contributed by atoms with Crippen LogP contribution in [0.4, 0.5) is 0 Å². The number of H-pyrrole nitrogens is 1. The summed E-state index contributed by atoms with van der Waals surface area (Å²) in [5.74, 6) is -1.65. The number of hydrogen-bond acceptors (Lipinski definition) is 5. The number of para-hydroxylation sites is 1. The molecule has 0 radical (unpaired) electrons. The minimum atomic E-state index is -3.84. The number of nitrogens with one attached hydrogen (secondary N) is 3. The van der Waals surface area contributed by atoms with Crippen molar-refractivity contribution in [2.45, 2.75) is 17.5 Å². The number of carbonyl (C=O) groups is 2. The summed E-state index contributed by atoms with van der Waals surface area (Å²) in [5.41, 5.74) is 2.04. The van der Waals surface area contributed by atoms with Crippen molar-refractivity contribution in [3.05, 3.63) is 65.3 Å². The molecule has 2 heterocycles. The maximum Gasteiger partial charge on any atom is 0.309 e. The van der Waals surface area contributed by atoms with E-state index in [1.807, 2.05) is 30.5 Å². The molecule has 1 aliphatic heterocycles. The van der Waals surface area contributed by atoms with Gasteiger partial charge in [-0.05, 0) is 42.3 Å². The Balaban J connectivity index is 1.28. The third-order valence-corrected chi connectivity index (χ3v) is 7.52. The van der Waals surface area contributed by atoms with E-state index in [9.17, 15) is 18.0 Å². The van der Waals surface area contributed by atoms with Crippen molar-refractivity contribution in [1.82, 2.24) is 19.9 Å². The minimum absolute atomic E-state index is 0.0729. The molecule has 2 amide bonds. The molecule has 11 heteroatoms. The Morgan fingerprint density at radius 2 is 1.82 bits per heavy atom. The quantitative estimate of drug-likeness (QED) is 0.435. The van der Waals surface area contributed by atoms with Crippen LogP contribution in [0.15, 0.2) is 59.6 Å². The number of sulfonamides is 1. The summed E-state index contributed by atoms with van der Waals surface area (Å²) in [4.78, 5) is 27.6. The summed E-state index contributed by atoms with van der Waals surface area (Å²) < 4.78 is 32.4. The third-order valence-electron chi connectivity index (χ3n) is 5.36. The van der Waals surface area contributed by atoms with E-state index in [0.717, 1.165) is 20.8 Å². The molecule has 174 valence electrons. The number of hydrogen-bond donors (Lipinski definition) is 3. The zero-order chi connectivity index (χ0) is 23.4. The van der Waals surface area contributed by atoms with Gasteiger partial charge in [0.2, 0.25) is 10.0 Å². The number of halogens is 1. The van der Waals surface area contributed by atoms with Crippen LogP contribution in [-0.2, 0) is 30.8 Å². The molecule has 0 aliphatic carbocycles. The van der Waals surface area contributed by atoms with E-state index in [2.05, 4.69) is 15.6 Å². The smallest absolute Gasteiger partial charge is 0.309 e. The Kier molecular flexibility index (Phi) is 6.99. The van der Waals surface area contributed by atoms with Gasteiger partial charge in [-0.3, -0.25) is 9.59 Å². The van der Waals surface area contributed by atoms with Gasteiger partial charge in [-0.1, -0.05) is 29.8 Å². The van der Waals surface area contributed by atoms with Gasteiger partial charge in [0.25, 0.3) is 0 Å². The van der Waals surface area contributed by atoms with Crippen LogP contribution in [0.25, 0.3) is 10.9 Å². The topological polar surface area (TPSA) is 121 Å². The maximum atomic E-state index is 12.9. The number of rotatable bonds is 7. The number of aromatic amines is 1. The van der Waals surface area contributed by atoms with Gasteiger partial charge < -0.3 is 20.4 Å². The van der Waals surface area contributed by atoms with Crippen molar-refractivity contribution in [1.29, 1.82) is 0 Å². The summed E-state index contributed by atoms with van der Waals surface area (Å²) in [6.07, 6.45) is 1.53. The molecule has 3 N–H and O–H groups in total. The molecule has 33 heavy (non-hydrogen) atoms. The van der Waals surface area contributed by atoms with Crippen LogP contribution in [0.2, 0.25) is 5.02 Å². The lowest BCUT2D eigenvalue weighted by Gasteiger charge is -2.22. The van der Waals surface area contributed by atoms with E-state index in [1.165, 1.54) is 24.3 Å². The molecule has 9 nitrogen and oxygen atoms in total. The van der Waals surface area contributed by atoms with Crippen molar-refractivity contribution in [2.75, 3.05) is 26.2 Å². The number of aromatic nitrogens is 1. The zero-order valence-corrected chi connectivity index (χ0v) is 19.2. The molecular weight excluding hydrogens is 468 g/mol. The van der Waals surface area contributed by atoms with E-state index in [0.29, 0.717) is 11.4 Å². The lowest BCUT2D eigenvalue weighted by atomic mass is 10.1. The fraction of sp³-hybridized carbons (Fsp3) is 0.273. The van der Waals surface area contributed by atoms with Gasteiger partial charge in [-0.25, -0.2) is 8.42 Å². The SMILES string of the molecule is O=C(NCCc1c[nH]c2ccccc12)C(=O)NC[C@@H]1OCCN1S(=O)(=O)c1ccc(Cl)cc1. The first-order chi connectivity index (χ1) is 15.9. The van der Waals surface area contributed by atoms with Gasteiger partial charge in [-0.15, -0.1) is 0 Å². The molecule has 0 spiro atoms. The molecule has 0 saturated carbocycles. The first-order valence-electron chi connectivity index (χ1n) is 10.4. The van der Waals surface area contributed by atoms with Crippen molar-refractivity contribution in [3.63, 3.8) is 0 Å². The second-order valence-electron chi connectivity index (χ2n) is 7.47. The second-order valence-corrected chi connectivity index (χ2v) is 9.80. The van der Waals surface area contributed by atoms with E-state index < -0.39 is 28.1 Å². The van der Waals surface area contributed by atoms with Gasteiger partial charge in [0.1, 0.15) is 6.23 Å². The second kappa shape index (κ2) is 9.92. The van der Waals surface area contributed by atoms with Crippen molar-refractivity contribution in [3.8, 4) is 0 Å². The predicted octanol–water partition coefficient (Wildman–Crippen LogP) is 1.64. The largest absolute Gasteiger partial charge is 0.361 e. The Hall–Kier alpha value is -2.92. The maximum absolute atomic E-state index is 12.9. The number of benzene rings is 2. The highest BCUT2D eigenvalue weighted by Gasteiger charge is 2.36. The van der Waals surface area contributed by atoms with E-state index in [-0.39, 0.29) is 31.1 Å². The highest BCUT2D eigenvalue weighted by Crippen LogP contribution is 2.23. The van der Waals surface area contributed by atoms with Crippen LogP contribution in [0.5, 0.6) is 0 Å². The van der Waals surface area contributed by atoms with Crippen molar-refractivity contribution in [2.24, 2.45) is 0 Å². The molecular formula is C22H23ClN4O5S. The monoisotopic (exact) mass is 490 g/mol. The number of amides is 2. The number of ether oxygens (including phenoxy) is 1. The van der Waals surface area contributed by atoms with Gasteiger partial charge in [0, 0.05) is 35.2 Å². The molecule has 0 unspecified atom stereocenters. The number of fused-ring (bicyclic) bond motifs is 1. The van der Waals surface area contributed by atoms with E-state index >= 15 is 0 Å². The number of nitrogens with zero attached hydrogens (tertiary/aromatic N) is 1. The van der Waals surface area contributed by atoms with Crippen molar-refractivity contribution >= 4 is 44.3 Å². The molecule has 1 aromatic heterocycles. The van der Waals surface area contributed by atoms with Crippen LogP contribution in [0, 0.1) is 0 Å². The van der Waals surface area contributed by atoms with Crippen LogP contribution in [0.1, 0.15) is 5.56 Å². The van der Waals surface area contributed by atoms with Crippen LogP contribution in [-0.4, -0.2) is 62.0 Å². The lowest BCUT2D eigenvalue weighted by molar-refractivity contribution is -0.139. The normalized spacial score (nSPS) is 16.7. The van der Waals surface area contributed by atoms with E-state index in [4.69, 9.17) is 16.3 Å². The molecule has 1 atom stereocenters. The highest BCUT2D eigenvalue weighted by atomic mass is 35.5. The fourth-order valence-electron chi connectivity index (χ4n) is 3.67. The van der Waals surface area contributed by atoms with Gasteiger partial charge >= 0.3 is 11.8 Å². The first kappa shape index (κ1) is 23.2. The summed E-state index contributed by atoms with van der Waals surface area (Å²) >= 11 is 5.84. The van der Waals surface area contributed by atoms with Gasteiger partial charge in [0.05, 0.1) is 18.0 Å². The fourth-order valence-corrected chi connectivity index (χ4v) is 5.31.